The molecule has 9 heteroatoms. The molecule has 0 radical (unpaired) electrons. The summed E-state index contributed by atoms with van der Waals surface area (Å²) < 4.78 is 48.5. The lowest BCUT2D eigenvalue weighted by Crippen LogP contribution is -2.19. The van der Waals surface area contributed by atoms with Gasteiger partial charge in [0, 0.05) is 29.7 Å². The topological polar surface area (TPSA) is 65.4 Å². The molecule has 0 saturated heterocycles. The first-order valence-electron chi connectivity index (χ1n) is 8.70. The number of hydrogen-bond donors (Lipinski definition) is 1. The molecule has 0 unspecified atom stereocenters. The van der Waals surface area contributed by atoms with E-state index in [0.29, 0.717) is 24.6 Å². The van der Waals surface area contributed by atoms with Crippen LogP contribution in [0.3, 0.4) is 0 Å². The van der Waals surface area contributed by atoms with Crippen LogP contribution in [0.25, 0.3) is 0 Å². The van der Waals surface area contributed by atoms with E-state index in [0.717, 1.165) is 0 Å². The van der Waals surface area contributed by atoms with Gasteiger partial charge in [0.05, 0.1) is 6.54 Å². The number of anilines is 1. The average molecular weight is 405 g/mol. The maximum Gasteiger partial charge on any atom is 0.422 e. The third kappa shape index (κ3) is 6.56. The molecule has 152 valence electrons. The third-order valence-corrected chi connectivity index (χ3v) is 3.76. The Balaban J connectivity index is 1.53. The Bertz CT molecular complexity index is 926. The number of carbonyl (C=O) groups excluding carboxylic acids is 1. The molecule has 1 N–H and O–H groups in total. The van der Waals surface area contributed by atoms with Crippen LogP contribution in [-0.2, 0) is 6.54 Å². The van der Waals surface area contributed by atoms with Crippen molar-refractivity contribution >= 4 is 11.6 Å². The summed E-state index contributed by atoms with van der Waals surface area (Å²) in [5.74, 6) is 0.221. The minimum absolute atomic E-state index is 0.0338. The number of rotatable bonds is 8. The van der Waals surface area contributed by atoms with Gasteiger partial charge in [0.15, 0.2) is 6.61 Å². The molecule has 0 aliphatic carbocycles. The van der Waals surface area contributed by atoms with Crippen LogP contribution in [0, 0.1) is 0 Å². The first kappa shape index (κ1) is 20.2. The molecule has 2 aromatic carbocycles. The Hall–Kier alpha value is -3.49. The predicted octanol–water partition coefficient (Wildman–Crippen LogP) is 4.16. The summed E-state index contributed by atoms with van der Waals surface area (Å²) in [7, 11) is 0. The van der Waals surface area contributed by atoms with Gasteiger partial charge < -0.3 is 14.8 Å². The number of benzene rings is 2. The Morgan fingerprint density at radius 2 is 1.83 bits per heavy atom. The fourth-order valence-electron chi connectivity index (χ4n) is 2.42. The molecule has 1 amide bonds. The highest BCUT2D eigenvalue weighted by molar-refractivity contribution is 6.04. The Morgan fingerprint density at radius 3 is 2.52 bits per heavy atom. The maximum atomic E-state index is 12.3. The van der Waals surface area contributed by atoms with Gasteiger partial charge in [-0.05, 0) is 42.5 Å². The van der Waals surface area contributed by atoms with E-state index in [2.05, 4.69) is 15.2 Å². The molecule has 0 atom stereocenters. The lowest BCUT2D eigenvalue weighted by atomic mass is 10.2. The molecule has 3 rings (SSSR count). The van der Waals surface area contributed by atoms with Crippen LogP contribution in [0.4, 0.5) is 18.9 Å². The van der Waals surface area contributed by atoms with Gasteiger partial charge in [-0.3, -0.25) is 9.48 Å². The predicted molar refractivity (Wildman–Crippen MR) is 100 cm³/mol. The number of nitrogens with zero attached hydrogens (tertiary/aromatic N) is 2. The number of halogens is 3. The average Bonchev–Trinajstić information content (AvgIpc) is 3.20. The first-order valence-corrected chi connectivity index (χ1v) is 8.70. The lowest BCUT2D eigenvalue weighted by molar-refractivity contribution is -0.153. The Morgan fingerprint density at radius 1 is 1.03 bits per heavy atom. The highest BCUT2D eigenvalue weighted by Crippen LogP contribution is 2.21. The van der Waals surface area contributed by atoms with Crippen molar-refractivity contribution in [1.82, 2.24) is 9.78 Å². The number of ether oxygens (including phenoxy) is 2. The number of alkyl halides is 3. The van der Waals surface area contributed by atoms with Crippen LogP contribution in [0.5, 0.6) is 11.5 Å². The zero-order valence-corrected chi connectivity index (χ0v) is 15.2. The first-order chi connectivity index (χ1) is 13.9. The highest BCUT2D eigenvalue weighted by Gasteiger charge is 2.28. The highest BCUT2D eigenvalue weighted by atomic mass is 19.4. The van der Waals surface area contributed by atoms with Gasteiger partial charge in [0.2, 0.25) is 0 Å². The molecule has 0 spiro atoms. The number of nitrogens with one attached hydrogen (secondary N) is 1. The van der Waals surface area contributed by atoms with E-state index in [9.17, 15) is 18.0 Å². The van der Waals surface area contributed by atoms with Crippen LogP contribution in [-0.4, -0.2) is 35.1 Å². The van der Waals surface area contributed by atoms with Crippen molar-refractivity contribution in [3.63, 3.8) is 0 Å². The number of carbonyl (C=O) groups is 1. The second-order valence-corrected chi connectivity index (χ2v) is 6.03. The van der Waals surface area contributed by atoms with Crippen LogP contribution in [0.2, 0.25) is 0 Å². The summed E-state index contributed by atoms with van der Waals surface area (Å²) in [4.78, 5) is 12.3. The van der Waals surface area contributed by atoms with Crippen molar-refractivity contribution in [2.75, 3.05) is 18.5 Å². The van der Waals surface area contributed by atoms with E-state index in [-0.39, 0.29) is 11.3 Å². The van der Waals surface area contributed by atoms with E-state index in [1.54, 1.807) is 35.1 Å². The van der Waals surface area contributed by atoms with E-state index in [1.807, 2.05) is 12.3 Å². The standard InChI is InChI=1S/C20H18F3N3O3/c21-20(22,23)14-29-17-7-5-15(6-8-17)19(27)25-16-3-1-4-18(13-16)28-12-11-26-10-2-9-24-26/h1-10,13H,11-12,14H2,(H,25,27). The zero-order valence-electron chi connectivity index (χ0n) is 15.2. The quantitative estimate of drug-likeness (QED) is 0.611. The summed E-state index contributed by atoms with van der Waals surface area (Å²) in [6.07, 6.45) is -0.897. The van der Waals surface area contributed by atoms with Crippen LogP contribution >= 0.6 is 0 Å². The Labute approximate surface area is 164 Å². The molecule has 0 aliphatic heterocycles. The molecule has 6 nitrogen and oxygen atoms in total. The minimum Gasteiger partial charge on any atom is -0.492 e. The van der Waals surface area contributed by atoms with Crippen molar-refractivity contribution in [2.45, 2.75) is 12.7 Å². The Kier molecular flexibility index (Phi) is 6.38. The lowest BCUT2D eigenvalue weighted by Gasteiger charge is -2.11. The summed E-state index contributed by atoms with van der Waals surface area (Å²) in [5, 5.41) is 6.80. The minimum atomic E-state index is -4.42. The van der Waals surface area contributed by atoms with Crippen LogP contribution in [0.1, 0.15) is 10.4 Å². The van der Waals surface area contributed by atoms with Crippen molar-refractivity contribution < 1.29 is 27.4 Å². The van der Waals surface area contributed by atoms with Gasteiger partial charge in [-0.1, -0.05) is 6.07 Å². The SMILES string of the molecule is O=C(Nc1cccc(OCCn2cccn2)c1)c1ccc(OCC(F)(F)F)cc1. The van der Waals surface area contributed by atoms with Crippen molar-refractivity contribution in [3.8, 4) is 11.5 Å². The molecule has 29 heavy (non-hydrogen) atoms. The van der Waals surface area contributed by atoms with Crippen LogP contribution < -0.4 is 14.8 Å². The largest absolute Gasteiger partial charge is 0.492 e. The monoisotopic (exact) mass is 405 g/mol. The molecule has 0 bridgehead atoms. The van der Waals surface area contributed by atoms with Crippen molar-refractivity contribution in [3.05, 3.63) is 72.6 Å². The van der Waals surface area contributed by atoms with Gasteiger partial charge in [-0.15, -0.1) is 0 Å². The summed E-state index contributed by atoms with van der Waals surface area (Å²) in [6.45, 7) is -0.378. The van der Waals surface area contributed by atoms with E-state index >= 15 is 0 Å². The van der Waals surface area contributed by atoms with E-state index in [4.69, 9.17) is 4.74 Å². The third-order valence-electron chi connectivity index (χ3n) is 3.76. The fourth-order valence-corrected chi connectivity index (χ4v) is 2.42. The summed E-state index contributed by atoms with van der Waals surface area (Å²) >= 11 is 0. The van der Waals surface area contributed by atoms with Gasteiger partial charge in [-0.25, -0.2) is 0 Å². The smallest absolute Gasteiger partial charge is 0.422 e. The van der Waals surface area contributed by atoms with E-state index in [1.165, 1.54) is 24.3 Å². The molecule has 0 saturated carbocycles. The molecular formula is C20H18F3N3O3. The molecular weight excluding hydrogens is 387 g/mol. The number of hydrogen-bond acceptors (Lipinski definition) is 4. The maximum absolute atomic E-state index is 12.3. The molecule has 3 aromatic rings. The number of amides is 1. The molecule has 0 fully saturated rings. The van der Waals surface area contributed by atoms with E-state index < -0.39 is 18.7 Å². The van der Waals surface area contributed by atoms with Crippen LogP contribution in [0.15, 0.2) is 67.0 Å². The van der Waals surface area contributed by atoms with Gasteiger partial charge in [-0.2, -0.15) is 18.3 Å². The molecule has 0 aliphatic rings. The molecule has 1 heterocycles. The molecule has 1 aromatic heterocycles. The van der Waals surface area contributed by atoms with Gasteiger partial charge in [0.25, 0.3) is 5.91 Å². The zero-order chi connectivity index (χ0) is 20.7. The summed E-state index contributed by atoms with van der Waals surface area (Å²) in [5.41, 5.74) is 0.818. The second kappa shape index (κ2) is 9.13. The van der Waals surface area contributed by atoms with Crippen molar-refractivity contribution in [2.24, 2.45) is 0 Å². The van der Waals surface area contributed by atoms with Crippen molar-refractivity contribution in [1.29, 1.82) is 0 Å². The van der Waals surface area contributed by atoms with Gasteiger partial charge in [0.1, 0.15) is 18.1 Å². The number of aromatic nitrogens is 2. The summed E-state index contributed by atoms with van der Waals surface area (Å²) in [6, 6.07) is 14.1. The van der Waals surface area contributed by atoms with Gasteiger partial charge >= 0.3 is 6.18 Å². The fraction of sp³-hybridized carbons (Fsp3) is 0.200. The second-order valence-electron chi connectivity index (χ2n) is 6.03. The normalized spacial score (nSPS) is 11.1.